The van der Waals surface area contributed by atoms with E-state index in [1.807, 2.05) is 48.5 Å². The molecule has 4 rings (SSSR count). The first kappa shape index (κ1) is 22.8. The Hall–Kier alpha value is -3.39. The van der Waals surface area contributed by atoms with Gasteiger partial charge in [-0.15, -0.1) is 0 Å². The number of rotatable bonds is 7. The highest BCUT2D eigenvalue weighted by Gasteiger charge is 2.32. The molecule has 1 aliphatic carbocycles. The maximum atomic E-state index is 12.9. The molecule has 1 fully saturated rings. The lowest BCUT2D eigenvalue weighted by Crippen LogP contribution is -2.52. The molecule has 33 heavy (non-hydrogen) atoms. The van der Waals surface area contributed by atoms with E-state index in [1.54, 1.807) is 0 Å². The Balaban J connectivity index is 1.42. The fraction of sp³-hybridized carbons (Fsp3) is 0.400. The number of β-amino-alcohol motifs (C(OH)–C–C–N with tert-alkyl or cyclic N) is 1. The number of carboxylic acids is 1. The van der Waals surface area contributed by atoms with E-state index in [2.05, 4.69) is 5.32 Å². The number of carboxylic acid groups (broad SMARTS) is 1. The predicted octanol–water partition coefficient (Wildman–Crippen LogP) is 2.74. The summed E-state index contributed by atoms with van der Waals surface area (Å²) in [6.07, 6.45) is -0.427. The number of aliphatic hydroxyl groups is 1. The molecule has 3 N–H and O–H groups in total. The second-order valence-corrected chi connectivity index (χ2v) is 8.54. The van der Waals surface area contributed by atoms with E-state index >= 15 is 0 Å². The molecule has 8 heteroatoms. The molecule has 0 aromatic heterocycles. The van der Waals surface area contributed by atoms with Crippen LogP contribution in [0.3, 0.4) is 0 Å². The highest BCUT2D eigenvalue weighted by molar-refractivity contribution is 5.86. The Kier molecular flexibility index (Phi) is 6.93. The van der Waals surface area contributed by atoms with Crippen molar-refractivity contribution in [3.05, 3.63) is 59.7 Å². The smallest absolute Gasteiger partial charge is 0.407 e. The quantitative estimate of drug-likeness (QED) is 0.595. The van der Waals surface area contributed by atoms with Crippen LogP contribution >= 0.6 is 0 Å². The normalized spacial score (nSPS) is 18.2. The van der Waals surface area contributed by atoms with Crippen LogP contribution in [0.4, 0.5) is 4.79 Å². The number of fused-ring (bicyclic) bond motifs is 3. The molecule has 2 aliphatic rings. The number of ether oxygens (including phenoxy) is 1. The van der Waals surface area contributed by atoms with Crippen molar-refractivity contribution < 1.29 is 29.3 Å². The number of hydrogen-bond acceptors (Lipinski definition) is 5. The third-order valence-electron chi connectivity index (χ3n) is 6.29. The van der Waals surface area contributed by atoms with Crippen molar-refractivity contribution in [3.63, 3.8) is 0 Å². The number of aliphatic hydroxyl groups excluding tert-OH is 1. The summed E-state index contributed by atoms with van der Waals surface area (Å²) in [5.74, 6) is -1.57. The number of aliphatic carboxylic acids is 1. The van der Waals surface area contributed by atoms with E-state index in [4.69, 9.17) is 9.84 Å². The van der Waals surface area contributed by atoms with Crippen LogP contribution in [0, 0.1) is 0 Å². The lowest BCUT2D eigenvalue weighted by atomic mass is 9.98. The summed E-state index contributed by atoms with van der Waals surface area (Å²) < 4.78 is 5.52. The topological polar surface area (TPSA) is 116 Å². The van der Waals surface area contributed by atoms with Crippen molar-refractivity contribution in [2.45, 2.75) is 43.7 Å². The van der Waals surface area contributed by atoms with Crippen LogP contribution in [0.15, 0.2) is 48.5 Å². The number of likely N-dealkylation sites (tertiary alicyclic amines) is 1. The molecule has 1 aliphatic heterocycles. The van der Waals surface area contributed by atoms with Gasteiger partial charge in [-0.2, -0.15) is 0 Å². The molecule has 1 heterocycles. The Bertz CT molecular complexity index is 994. The van der Waals surface area contributed by atoms with E-state index in [9.17, 15) is 19.5 Å². The van der Waals surface area contributed by atoms with E-state index in [0.717, 1.165) is 22.3 Å². The van der Waals surface area contributed by atoms with Crippen molar-refractivity contribution in [1.82, 2.24) is 10.2 Å². The standard InChI is InChI=1S/C25H28N2O6/c28-16-6-5-13-27(14-16)24(31)22(11-12-23(29)30)26-25(32)33-15-21-19-9-3-1-7-17(19)18-8-2-4-10-20(18)21/h1-4,7-10,16,21-22,28H,5-6,11-15H2,(H,26,32)(H,29,30)/t16-,22?/m0/s1. The third kappa shape index (κ3) is 5.17. The first-order valence-corrected chi connectivity index (χ1v) is 11.2. The minimum atomic E-state index is -1.05. The number of nitrogens with one attached hydrogen (secondary N) is 1. The Morgan fingerprint density at radius 3 is 2.30 bits per heavy atom. The van der Waals surface area contributed by atoms with Gasteiger partial charge in [-0.05, 0) is 41.5 Å². The fourth-order valence-corrected chi connectivity index (χ4v) is 4.68. The second-order valence-electron chi connectivity index (χ2n) is 8.54. The van der Waals surface area contributed by atoms with Crippen LogP contribution in [0.2, 0.25) is 0 Å². The molecule has 1 unspecified atom stereocenters. The van der Waals surface area contributed by atoms with Gasteiger partial charge in [-0.3, -0.25) is 9.59 Å². The van der Waals surface area contributed by atoms with E-state index in [-0.39, 0.29) is 31.9 Å². The van der Waals surface area contributed by atoms with Gasteiger partial charge in [0.15, 0.2) is 0 Å². The molecule has 1 saturated heterocycles. The maximum absolute atomic E-state index is 12.9. The number of alkyl carbamates (subject to hydrolysis) is 1. The van der Waals surface area contributed by atoms with E-state index in [1.165, 1.54) is 4.90 Å². The average Bonchev–Trinajstić information content (AvgIpc) is 3.13. The molecule has 2 atom stereocenters. The highest BCUT2D eigenvalue weighted by Crippen LogP contribution is 2.44. The van der Waals surface area contributed by atoms with Gasteiger partial charge < -0.3 is 25.2 Å². The predicted molar refractivity (Wildman–Crippen MR) is 121 cm³/mol. The van der Waals surface area contributed by atoms with Gasteiger partial charge in [-0.25, -0.2) is 4.79 Å². The van der Waals surface area contributed by atoms with Crippen molar-refractivity contribution in [2.24, 2.45) is 0 Å². The van der Waals surface area contributed by atoms with E-state index in [0.29, 0.717) is 19.4 Å². The fourth-order valence-electron chi connectivity index (χ4n) is 4.68. The molecular weight excluding hydrogens is 424 g/mol. The number of carbonyl (C=O) groups is 3. The van der Waals surface area contributed by atoms with Crippen molar-refractivity contribution in [1.29, 1.82) is 0 Å². The Morgan fingerprint density at radius 1 is 1.06 bits per heavy atom. The number of amides is 2. The first-order valence-electron chi connectivity index (χ1n) is 11.2. The number of carbonyl (C=O) groups excluding carboxylic acids is 2. The zero-order chi connectivity index (χ0) is 23.4. The monoisotopic (exact) mass is 452 g/mol. The van der Waals surface area contributed by atoms with Crippen molar-refractivity contribution in [2.75, 3.05) is 19.7 Å². The molecule has 8 nitrogen and oxygen atoms in total. The molecular formula is C25H28N2O6. The van der Waals surface area contributed by atoms with Crippen LogP contribution in [0.1, 0.15) is 42.7 Å². The SMILES string of the molecule is O=C(O)CCC(NC(=O)OCC1c2ccccc2-c2ccccc21)C(=O)N1CCC[C@H](O)C1. The van der Waals surface area contributed by atoms with Gasteiger partial charge in [-0.1, -0.05) is 48.5 Å². The Labute approximate surface area is 192 Å². The summed E-state index contributed by atoms with van der Waals surface area (Å²) in [5, 5.41) is 21.5. The highest BCUT2D eigenvalue weighted by atomic mass is 16.5. The molecule has 2 aromatic carbocycles. The van der Waals surface area contributed by atoms with Crippen molar-refractivity contribution >= 4 is 18.0 Å². The van der Waals surface area contributed by atoms with Crippen LogP contribution in [-0.2, 0) is 14.3 Å². The molecule has 0 saturated carbocycles. The minimum Gasteiger partial charge on any atom is -0.481 e. The van der Waals surface area contributed by atoms with Crippen molar-refractivity contribution in [3.8, 4) is 11.1 Å². The summed E-state index contributed by atoms with van der Waals surface area (Å²) in [4.78, 5) is 38.1. The summed E-state index contributed by atoms with van der Waals surface area (Å²) in [5.41, 5.74) is 4.38. The zero-order valence-electron chi connectivity index (χ0n) is 18.3. The van der Waals surface area contributed by atoms with Gasteiger partial charge in [0.1, 0.15) is 12.6 Å². The van der Waals surface area contributed by atoms with Gasteiger partial charge in [0.05, 0.1) is 6.10 Å². The van der Waals surface area contributed by atoms with Crippen LogP contribution < -0.4 is 5.32 Å². The van der Waals surface area contributed by atoms with Gasteiger partial charge >= 0.3 is 12.1 Å². The lowest BCUT2D eigenvalue weighted by Gasteiger charge is -2.33. The molecule has 2 amide bonds. The van der Waals surface area contributed by atoms with Gasteiger partial charge in [0, 0.05) is 25.4 Å². The van der Waals surface area contributed by atoms with Gasteiger partial charge in [0.25, 0.3) is 0 Å². The molecule has 2 aromatic rings. The molecule has 0 radical (unpaired) electrons. The number of piperidine rings is 1. The average molecular weight is 453 g/mol. The summed E-state index contributed by atoms with van der Waals surface area (Å²) >= 11 is 0. The van der Waals surface area contributed by atoms with Crippen LogP contribution in [-0.4, -0.2) is 64.9 Å². The minimum absolute atomic E-state index is 0.0506. The summed E-state index contributed by atoms with van der Waals surface area (Å²) in [6.45, 7) is 0.739. The number of nitrogens with zero attached hydrogens (tertiary/aromatic N) is 1. The first-order chi connectivity index (χ1) is 15.9. The summed E-state index contributed by atoms with van der Waals surface area (Å²) in [7, 11) is 0. The lowest BCUT2D eigenvalue weighted by molar-refractivity contribution is -0.139. The number of hydrogen-bond donors (Lipinski definition) is 3. The maximum Gasteiger partial charge on any atom is 0.407 e. The third-order valence-corrected chi connectivity index (χ3v) is 6.29. The van der Waals surface area contributed by atoms with E-state index < -0.39 is 30.1 Å². The Morgan fingerprint density at radius 2 is 1.70 bits per heavy atom. The number of benzene rings is 2. The molecule has 0 spiro atoms. The largest absolute Gasteiger partial charge is 0.481 e. The molecule has 174 valence electrons. The van der Waals surface area contributed by atoms with Crippen LogP contribution in [0.5, 0.6) is 0 Å². The zero-order valence-corrected chi connectivity index (χ0v) is 18.3. The van der Waals surface area contributed by atoms with Gasteiger partial charge in [0.2, 0.25) is 5.91 Å². The second kappa shape index (κ2) is 10.0. The summed E-state index contributed by atoms with van der Waals surface area (Å²) in [6, 6.07) is 14.9. The molecule has 0 bridgehead atoms. The van der Waals surface area contributed by atoms with Crippen LogP contribution in [0.25, 0.3) is 11.1 Å².